The molecule has 1 aliphatic heterocycles. The number of halogens is 3. The smallest absolute Gasteiger partial charge is 0.238 e. The highest BCUT2D eigenvalue weighted by Gasteiger charge is 2.34. The van der Waals surface area contributed by atoms with Gasteiger partial charge in [0, 0.05) is 20.8 Å². The summed E-state index contributed by atoms with van der Waals surface area (Å²) in [5.74, 6) is 1.80. The van der Waals surface area contributed by atoms with Crippen molar-refractivity contribution < 1.29 is 9.53 Å². The lowest BCUT2D eigenvalue weighted by Crippen LogP contribution is -2.27. The molecule has 1 atom stereocenters. The van der Waals surface area contributed by atoms with Gasteiger partial charge in [-0.2, -0.15) is 0 Å². The van der Waals surface area contributed by atoms with Gasteiger partial charge in [-0.05, 0) is 72.3 Å². The summed E-state index contributed by atoms with van der Waals surface area (Å²) < 4.78 is 5.82. The van der Waals surface area contributed by atoms with Crippen molar-refractivity contribution in [3.8, 4) is 11.5 Å². The van der Waals surface area contributed by atoms with Crippen LogP contribution in [0.15, 0.2) is 66.7 Å². The SMILES string of the molecule is O=C1CSC(c2cc(Cl)cc(Cl)c2)N1c1ccc(Oc2ccc(Cl)cc2)cc1. The Hall–Kier alpha value is -1.85. The maximum Gasteiger partial charge on any atom is 0.238 e. The average Bonchev–Trinajstić information content (AvgIpc) is 3.05. The molecule has 3 aromatic rings. The standard InChI is InChI=1S/C21H14Cl3NO2S/c22-14-1-5-18(6-2-14)27-19-7-3-17(4-8-19)25-20(26)12-28-21(25)13-9-15(23)11-16(24)10-13/h1-11,21H,12H2. The number of thioether (sulfide) groups is 1. The van der Waals surface area contributed by atoms with E-state index in [4.69, 9.17) is 39.5 Å². The molecule has 7 heteroatoms. The normalized spacial score (nSPS) is 16.5. The minimum absolute atomic E-state index is 0.0393. The number of ether oxygens (including phenoxy) is 1. The van der Waals surface area contributed by atoms with Crippen molar-refractivity contribution >= 4 is 58.2 Å². The minimum Gasteiger partial charge on any atom is -0.457 e. The van der Waals surface area contributed by atoms with Crippen LogP contribution in [0.1, 0.15) is 10.9 Å². The molecule has 0 bridgehead atoms. The van der Waals surface area contributed by atoms with Gasteiger partial charge >= 0.3 is 0 Å². The summed E-state index contributed by atoms with van der Waals surface area (Å²) in [6, 6.07) is 19.9. The van der Waals surface area contributed by atoms with Crippen molar-refractivity contribution in [3.63, 3.8) is 0 Å². The van der Waals surface area contributed by atoms with Gasteiger partial charge in [0.25, 0.3) is 0 Å². The molecule has 1 fully saturated rings. The fourth-order valence-corrected chi connectivity index (χ4v) is 4.81. The Morgan fingerprint density at radius 2 is 1.39 bits per heavy atom. The second-order valence-electron chi connectivity index (χ2n) is 6.18. The van der Waals surface area contributed by atoms with Gasteiger partial charge in [-0.1, -0.05) is 34.8 Å². The number of carbonyl (C=O) groups is 1. The molecule has 1 aliphatic rings. The van der Waals surface area contributed by atoms with Gasteiger partial charge in [0.2, 0.25) is 5.91 Å². The Morgan fingerprint density at radius 1 is 0.821 bits per heavy atom. The quantitative estimate of drug-likeness (QED) is 0.420. The number of anilines is 1. The van der Waals surface area contributed by atoms with Crippen molar-refractivity contribution in [2.75, 3.05) is 10.7 Å². The van der Waals surface area contributed by atoms with Crippen LogP contribution in [0.4, 0.5) is 5.69 Å². The van der Waals surface area contributed by atoms with Crippen molar-refractivity contribution in [3.05, 3.63) is 87.4 Å². The zero-order valence-electron chi connectivity index (χ0n) is 14.4. The molecule has 4 rings (SSSR count). The van der Waals surface area contributed by atoms with Gasteiger partial charge in [0.05, 0.1) is 5.75 Å². The zero-order chi connectivity index (χ0) is 19.7. The van der Waals surface area contributed by atoms with Crippen molar-refractivity contribution in [2.45, 2.75) is 5.37 Å². The number of carbonyl (C=O) groups excluding carboxylic acids is 1. The van der Waals surface area contributed by atoms with E-state index in [0.717, 1.165) is 11.3 Å². The minimum atomic E-state index is -0.174. The van der Waals surface area contributed by atoms with E-state index in [-0.39, 0.29) is 11.3 Å². The molecule has 142 valence electrons. The number of hydrogen-bond donors (Lipinski definition) is 0. The summed E-state index contributed by atoms with van der Waals surface area (Å²) in [6.07, 6.45) is 0. The first-order valence-corrected chi connectivity index (χ1v) is 10.6. The number of benzene rings is 3. The molecule has 0 aliphatic carbocycles. The van der Waals surface area contributed by atoms with Crippen LogP contribution < -0.4 is 9.64 Å². The summed E-state index contributed by atoms with van der Waals surface area (Å²) in [4.78, 5) is 14.3. The highest BCUT2D eigenvalue weighted by Crippen LogP contribution is 2.43. The summed E-state index contributed by atoms with van der Waals surface area (Å²) >= 11 is 19.7. The first-order valence-electron chi connectivity index (χ1n) is 8.43. The molecule has 1 saturated heterocycles. The second kappa shape index (κ2) is 8.26. The Kier molecular flexibility index (Phi) is 5.74. The van der Waals surface area contributed by atoms with Crippen molar-refractivity contribution in [2.24, 2.45) is 0 Å². The van der Waals surface area contributed by atoms with E-state index in [9.17, 15) is 4.79 Å². The van der Waals surface area contributed by atoms with Crippen LogP contribution >= 0.6 is 46.6 Å². The Bertz CT molecular complexity index is 989. The molecular weight excluding hydrogens is 437 g/mol. The van der Waals surface area contributed by atoms with E-state index in [1.54, 1.807) is 47.0 Å². The topological polar surface area (TPSA) is 29.5 Å². The number of amides is 1. The maximum absolute atomic E-state index is 12.5. The maximum atomic E-state index is 12.5. The third kappa shape index (κ3) is 4.26. The Morgan fingerprint density at radius 3 is 2.00 bits per heavy atom. The molecule has 0 radical (unpaired) electrons. The molecule has 1 unspecified atom stereocenters. The van der Waals surface area contributed by atoms with E-state index in [1.807, 2.05) is 36.4 Å². The first kappa shape index (κ1) is 19.5. The fraction of sp³-hybridized carbons (Fsp3) is 0.0952. The molecule has 3 aromatic carbocycles. The predicted octanol–water partition coefficient (Wildman–Crippen LogP) is 7.22. The van der Waals surface area contributed by atoms with E-state index in [1.165, 1.54) is 0 Å². The third-order valence-corrected chi connectivity index (χ3v) is 6.10. The van der Waals surface area contributed by atoms with Gasteiger partial charge in [-0.3, -0.25) is 9.69 Å². The highest BCUT2D eigenvalue weighted by atomic mass is 35.5. The summed E-state index contributed by atoms with van der Waals surface area (Å²) in [6.45, 7) is 0. The van der Waals surface area contributed by atoms with Crippen LogP contribution in [-0.2, 0) is 4.79 Å². The van der Waals surface area contributed by atoms with E-state index >= 15 is 0 Å². The van der Waals surface area contributed by atoms with E-state index < -0.39 is 0 Å². The van der Waals surface area contributed by atoms with Crippen LogP contribution in [0.25, 0.3) is 0 Å². The van der Waals surface area contributed by atoms with Gasteiger partial charge in [0.15, 0.2) is 0 Å². The second-order valence-corrected chi connectivity index (χ2v) is 8.56. The molecule has 28 heavy (non-hydrogen) atoms. The predicted molar refractivity (Wildman–Crippen MR) is 117 cm³/mol. The molecule has 0 spiro atoms. The van der Waals surface area contributed by atoms with Crippen LogP contribution in [-0.4, -0.2) is 11.7 Å². The average molecular weight is 451 g/mol. The number of hydrogen-bond acceptors (Lipinski definition) is 3. The first-order chi connectivity index (χ1) is 13.5. The van der Waals surface area contributed by atoms with Crippen molar-refractivity contribution in [1.82, 2.24) is 0 Å². The van der Waals surface area contributed by atoms with Gasteiger partial charge < -0.3 is 4.74 Å². The number of nitrogens with zero attached hydrogens (tertiary/aromatic N) is 1. The Balaban J connectivity index is 1.57. The monoisotopic (exact) mass is 449 g/mol. The van der Waals surface area contributed by atoms with Gasteiger partial charge in [0.1, 0.15) is 16.9 Å². The summed E-state index contributed by atoms with van der Waals surface area (Å²) in [5, 5.41) is 1.58. The van der Waals surface area contributed by atoms with E-state index in [2.05, 4.69) is 0 Å². The zero-order valence-corrected chi connectivity index (χ0v) is 17.5. The number of rotatable bonds is 4. The summed E-state index contributed by atoms with van der Waals surface area (Å²) in [7, 11) is 0. The van der Waals surface area contributed by atoms with Crippen LogP contribution in [0.5, 0.6) is 11.5 Å². The third-order valence-electron chi connectivity index (χ3n) is 4.20. The van der Waals surface area contributed by atoms with Gasteiger partial charge in [-0.15, -0.1) is 11.8 Å². The largest absolute Gasteiger partial charge is 0.457 e. The van der Waals surface area contributed by atoms with Gasteiger partial charge in [-0.25, -0.2) is 0 Å². The molecule has 1 heterocycles. The summed E-state index contributed by atoms with van der Waals surface area (Å²) in [5.41, 5.74) is 1.69. The van der Waals surface area contributed by atoms with Crippen LogP contribution in [0.2, 0.25) is 15.1 Å². The Labute approximate surface area is 182 Å². The lowest BCUT2D eigenvalue weighted by molar-refractivity contribution is -0.115. The van der Waals surface area contributed by atoms with Crippen LogP contribution in [0.3, 0.4) is 0 Å². The molecule has 3 nitrogen and oxygen atoms in total. The molecular formula is C21H14Cl3NO2S. The lowest BCUT2D eigenvalue weighted by atomic mass is 10.2. The molecule has 0 saturated carbocycles. The molecule has 1 amide bonds. The van der Waals surface area contributed by atoms with Crippen LogP contribution in [0, 0.1) is 0 Å². The fourth-order valence-electron chi connectivity index (χ4n) is 2.98. The van der Waals surface area contributed by atoms with E-state index in [0.29, 0.717) is 32.3 Å². The highest BCUT2D eigenvalue weighted by molar-refractivity contribution is 8.00. The van der Waals surface area contributed by atoms with Crippen molar-refractivity contribution in [1.29, 1.82) is 0 Å². The lowest BCUT2D eigenvalue weighted by Gasteiger charge is -2.25. The molecule has 0 aromatic heterocycles. The molecule has 0 N–H and O–H groups in total.